The molecule has 2 aromatic carbocycles. The summed E-state index contributed by atoms with van der Waals surface area (Å²) in [4.78, 5) is 56.4. The lowest BCUT2D eigenvalue weighted by atomic mass is 9.49. The van der Waals surface area contributed by atoms with Gasteiger partial charge in [-0.2, -0.15) is 5.26 Å². The van der Waals surface area contributed by atoms with Crippen LogP contribution in [0.1, 0.15) is 78.1 Å². The molecule has 2 N–H and O–H groups in total. The normalized spacial score (nSPS) is 23.7. The van der Waals surface area contributed by atoms with Crippen molar-refractivity contribution < 1.29 is 23.9 Å². The first-order valence-corrected chi connectivity index (χ1v) is 17.9. The largest absolute Gasteiger partial charge is 0.489 e. The van der Waals surface area contributed by atoms with Crippen molar-refractivity contribution in [2.75, 3.05) is 31.1 Å². The molecule has 52 heavy (non-hydrogen) atoms. The van der Waals surface area contributed by atoms with Gasteiger partial charge in [0, 0.05) is 74.2 Å². The zero-order chi connectivity index (χ0) is 36.9. The number of aromatic nitrogens is 2. The molecule has 14 heteroatoms. The predicted octanol–water partition coefficient (Wildman–Crippen LogP) is 3.70. The zero-order valence-electron chi connectivity index (χ0n) is 29.6. The van der Waals surface area contributed by atoms with Crippen molar-refractivity contribution in [3.63, 3.8) is 0 Å². The van der Waals surface area contributed by atoms with Crippen LogP contribution in [-0.4, -0.2) is 88.0 Å². The smallest absolute Gasteiger partial charge is 0.272 e. The van der Waals surface area contributed by atoms with Gasteiger partial charge in [-0.25, -0.2) is 0 Å². The second kappa shape index (κ2) is 13.5. The third-order valence-electron chi connectivity index (χ3n) is 11.0. The number of nitrogens with one attached hydrogen (secondary N) is 2. The van der Waals surface area contributed by atoms with Crippen molar-refractivity contribution >= 4 is 41.0 Å². The third kappa shape index (κ3) is 6.45. The van der Waals surface area contributed by atoms with E-state index >= 15 is 0 Å². The summed E-state index contributed by atoms with van der Waals surface area (Å²) in [5, 5.41) is 23.7. The molecular formula is C38H41ClN8O5. The fourth-order valence-electron chi connectivity index (χ4n) is 8.54. The van der Waals surface area contributed by atoms with Gasteiger partial charge in [-0.3, -0.25) is 29.4 Å². The van der Waals surface area contributed by atoms with Gasteiger partial charge in [0.2, 0.25) is 11.8 Å². The number of carbonyl (C=O) groups is 4. The molecule has 4 heterocycles. The van der Waals surface area contributed by atoms with Gasteiger partial charge >= 0.3 is 0 Å². The molecule has 2 saturated heterocycles. The number of carbonyl (C=O) groups excluding carboxylic acids is 4. The highest BCUT2D eigenvalue weighted by atomic mass is 35.5. The van der Waals surface area contributed by atoms with Crippen LogP contribution in [0.25, 0.3) is 0 Å². The quantitative estimate of drug-likeness (QED) is 0.328. The summed E-state index contributed by atoms with van der Waals surface area (Å²) in [6, 6.07) is 15.7. The number of piperazine rings is 1. The van der Waals surface area contributed by atoms with E-state index in [0.29, 0.717) is 40.7 Å². The van der Waals surface area contributed by atoms with Crippen LogP contribution in [0.4, 0.5) is 5.82 Å². The first-order valence-electron chi connectivity index (χ1n) is 17.5. The first-order chi connectivity index (χ1) is 24.8. The average molecular weight is 725 g/mol. The Bertz CT molecular complexity index is 1970. The van der Waals surface area contributed by atoms with Gasteiger partial charge in [0.15, 0.2) is 11.5 Å². The summed E-state index contributed by atoms with van der Waals surface area (Å²) in [7, 11) is 0. The molecule has 3 aromatic rings. The highest BCUT2D eigenvalue weighted by molar-refractivity contribution is 6.31. The number of halogens is 1. The van der Waals surface area contributed by atoms with Crippen LogP contribution < -0.4 is 20.3 Å². The summed E-state index contributed by atoms with van der Waals surface area (Å²) in [6.07, 6.45) is 0.353. The molecule has 7 rings (SSSR count). The summed E-state index contributed by atoms with van der Waals surface area (Å²) < 4.78 is 6.34. The minimum atomic E-state index is -0.627. The maximum Gasteiger partial charge on any atom is 0.272 e. The third-order valence-corrected chi connectivity index (χ3v) is 11.3. The molecule has 1 aliphatic carbocycles. The van der Waals surface area contributed by atoms with Crippen molar-refractivity contribution in [3.8, 4) is 11.8 Å². The number of fused-ring (bicyclic) bond motifs is 1. The number of piperidine rings is 1. The fraction of sp³-hybridized carbons (Fsp3) is 0.447. The predicted molar refractivity (Wildman–Crippen MR) is 191 cm³/mol. The molecule has 1 unspecified atom stereocenters. The second-order valence-electron chi connectivity index (χ2n) is 15.2. The first kappa shape index (κ1) is 35.3. The van der Waals surface area contributed by atoms with Crippen LogP contribution in [0.2, 0.25) is 5.02 Å². The minimum Gasteiger partial charge on any atom is -0.489 e. The molecule has 0 radical (unpaired) electrons. The zero-order valence-corrected chi connectivity index (χ0v) is 30.4. The van der Waals surface area contributed by atoms with Gasteiger partial charge in [-0.05, 0) is 47.9 Å². The lowest BCUT2D eigenvalue weighted by molar-refractivity contribution is -0.164. The van der Waals surface area contributed by atoms with Gasteiger partial charge in [-0.15, -0.1) is 10.2 Å². The van der Waals surface area contributed by atoms with Crippen LogP contribution in [0.5, 0.6) is 5.75 Å². The number of nitriles is 1. The molecule has 1 atom stereocenters. The standard InChI is InChI=1S/C38H41ClN8O5/c1-37(2)35(38(3,4)36(37)52-25-7-6-23(19-40)27(39)18-25)42-32(49)28-9-11-30(44-43-28)46-15-13-45(14-16-46)20-22-5-8-26-24(17-22)21-47(34(26)51)29-10-12-31(48)41-33(29)50/h5-9,11,17-18,29,35-36H,10,12-16,20-21H2,1-4H3,(H,42,49)(H,41,48,50). The van der Waals surface area contributed by atoms with E-state index in [-0.39, 0.29) is 42.0 Å². The van der Waals surface area contributed by atoms with E-state index in [1.54, 1.807) is 29.2 Å². The van der Waals surface area contributed by atoms with E-state index in [2.05, 4.69) is 64.4 Å². The van der Waals surface area contributed by atoms with E-state index < -0.39 is 22.8 Å². The molecule has 0 spiro atoms. The number of rotatable bonds is 8. The van der Waals surface area contributed by atoms with Crippen molar-refractivity contribution in [3.05, 3.63) is 81.5 Å². The maximum absolute atomic E-state index is 13.3. The number of nitrogens with zero attached hydrogens (tertiary/aromatic N) is 6. The molecule has 13 nitrogen and oxygen atoms in total. The van der Waals surface area contributed by atoms with Gasteiger partial charge in [0.1, 0.15) is 24.0 Å². The molecule has 4 aliphatic rings. The van der Waals surface area contributed by atoms with Crippen molar-refractivity contribution in [2.24, 2.45) is 10.8 Å². The summed E-state index contributed by atoms with van der Waals surface area (Å²) in [5.74, 6) is 0.102. The van der Waals surface area contributed by atoms with Crippen LogP contribution in [-0.2, 0) is 22.7 Å². The number of imide groups is 1. The number of hydrogen-bond acceptors (Lipinski definition) is 10. The molecule has 270 valence electrons. The van der Waals surface area contributed by atoms with E-state index in [9.17, 15) is 24.4 Å². The molecule has 1 aromatic heterocycles. The Hall–Kier alpha value is -5.06. The highest BCUT2D eigenvalue weighted by Crippen LogP contribution is 2.55. The Labute approximate surface area is 307 Å². The van der Waals surface area contributed by atoms with E-state index in [1.807, 2.05) is 24.3 Å². The molecule has 1 saturated carbocycles. The van der Waals surface area contributed by atoms with Crippen LogP contribution in [0.3, 0.4) is 0 Å². The molecular weight excluding hydrogens is 684 g/mol. The lowest BCUT2D eigenvalue weighted by Gasteiger charge is -2.63. The van der Waals surface area contributed by atoms with Crippen molar-refractivity contribution in [1.29, 1.82) is 5.26 Å². The summed E-state index contributed by atoms with van der Waals surface area (Å²) in [6.45, 7) is 12.4. The molecule has 3 fully saturated rings. The lowest BCUT2D eigenvalue weighted by Crippen LogP contribution is -2.74. The Kier molecular flexibility index (Phi) is 9.17. The number of benzene rings is 2. The maximum atomic E-state index is 13.3. The van der Waals surface area contributed by atoms with E-state index in [0.717, 1.165) is 43.9 Å². The summed E-state index contributed by atoms with van der Waals surface area (Å²) in [5.41, 5.74) is 2.42. The fourth-order valence-corrected chi connectivity index (χ4v) is 8.75. The van der Waals surface area contributed by atoms with Crippen LogP contribution in [0.15, 0.2) is 48.5 Å². The topological polar surface area (TPSA) is 161 Å². The van der Waals surface area contributed by atoms with Crippen LogP contribution >= 0.6 is 11.6 Å². The second-order valence-corrected chi connectivity index (χ2v) is 15.6. The van der Waals surface area contributed by atoms with Crippen LogP contribution in [0, 0.1) is 22.2 Å². The monoisotopic (exact) mass is 724 g/mol. The number of amides is 4. The summed E-state index contributed by atoms with van der Waals surface area (Å²) >= 11 is 6.22. The Morgan fingerprint density at radius 1 is 1.02 bits per heavy atom. The SMILES string of the molecule is CC1(C)C(NC(=O)c2ccc(N3CCN(Cc4ccc5c(c4)CN(C4CCC(=O)NC4=O)C5=O)CC3)nn2)C(C)(C)C1Oc1ccc(C#N)c(Cl)c1. The Morgan fingerprint density at radius 3 is 2.42 bits per heavy atom. The Morgan fingerprint density at radius 2 is 1.77 bits per heavy atom. The van der Waals surface area contributed by atoms with Gasteiger partial charge in [-0.1, -0.05) is 51.4 Å². The van der Waals surface area contributed by atoms with Gasteiger partial charge in [0.25, 0.3) is 11.8 Å². The van der Waals surface area contributed by atoms with Crippen molar-refractivity contribution in [2.45, 2.75) is 71.8 Å². The van der Waals surface area contributed by atoms with Gasteiger partial charge < -0.3 is 19.9 Å². The minimum absolute atomic E-state index is 0.171. The van der Waals surface area contributed by atoms with Crippen molar-refractivity contribution in [1.82, 2.24) is 30.6 Å². The Balaban J connectivity index is 0.907. The molecule has 0 bridgehead atoms. The van der Waals surface area contributed by atoms with E-state index in [4.69, 9.17) is 16.3 Å². The number of hydrogen-bond donors (Lipinski definition) is 2. The van der Waals surface area contributed by atoms with Gasteiger partial charge in [0.05, 0.1) is 10.6 Å². The number of ether oxygens (including phenoxy) is 1. The highest BCUT2D eigenvalue weighted by Gasteiger charge is 2.64. The average Bonchev–Trinajstić information content (AvgIpc) is 3.44. The van der Waals surface area contributed by atoms with E-state index in [1.165, 1.54) is 0 Å². The number of anilines is 1. The molecule has 3 aliphatic heterocycles. The molecule has 4 amide bonds.